The van der Waals surface area contributed by atoms with E-state index in [1.807, 2.05) is 48.5 Å². The van der Waals surface area contributed by atoms with E-state index >= 15 is 0 Å². The largest absolute Gasteiger partial charge is 0.507 e. The van der Waals surface area contributed by atoms with Crippen LogP contribution < -0.4 is 5.73 Å². The van der Waals surface area contributed by atoms with Gasteiger partial charge >= 0.3 is 0 Å². The van der Waals surface area contributed by atoms with Crippen LogP contribution in [0.4, 0.5) is 11.4 Å². The first-order valence-electron chi connectivity index (χ1n) is 6.35. The normalized spacial score (nSPS) is 11.2. The average molecular weight is 262 g/mol. The summed E-state index contributed by atoms with van der Waals surface area (Å²) in [6.07, 6.45) is 1.66. The number of benzene rings is 3. The lowest BCUT2D eigenvalue weighted by Gasteiger charge is -2.05. The number of nitrogens with zero attached hydrogens (tertiary/aromatic N) is 1. The summed E-state index contributed by atoms with van der Waals surface area (Å²) in [4.78, 5) is 4.38. The van der Waals surface area contributed by atoms with Crippen LogP contribution in [0.25, 0.3) is 10.8 Å². The maximum Gasteiger partial charge on any atom is 0.124 e. The van der Waals surface area contributed by atoms with Gasteiger partial charge in [-0.15, -0.1) is 0 Å². The number of hydrogen-bond acceptors (Lipinski definition) is 3. The van der Waals surface area contributed by atoms with Gasteiger partial charge in [0.25, 0.3) is 0 Å². The lowest BCUT2D eigenvalue weighted by Crippen LogP contribution is -1.88. The molecule has 3 nitrogen and oxygen atoms in total. The number of aromatic hydroxyl groups is 1. The van der Waals surface area contributed by atoms with Crippen molar-refractivity contribution in [3.05, 3.63) is 66.2 Å². The molecule has 0 unspecified atom stereocenters. The van der Waals surface area contributed by atoms with Gasteiger partial charge in [-0.2, -0.15) is 0 Å². The van der Waals surface area contributed by atoms with Crippen LogP contribution in [0.3, 0.4) is 0 Å². The maximum absolute atomic E-state index is 10.0. The molecule has 3 aromatic carbocycles. The molecule has 0 saturated heterocycles. The summed E-state index contributed by atoms with van der Waals surface area (Å²) in [7, 11) is 0. The van der Waals surface area contributed by atoms with Crippen molar-refractivity contribution in [3.8, 4) is 5.75 Å². The molecule has 0 aliphatic heterocycles. The highest BCUT2D eigenvalue weighted by molar-refractivity contribution is 6.03. The van der Waals surface area contributed by atoms with Crippen molar-refractivity contribution in [2.24, 2.45) is 4.99 Å². The molecule has 0 aliphatic rings. The fourth-order valence-electron chi connectivity index (χ4n) is 2.16. The number of anilines is 1. The van der Waals surface area contributed by atoms with Crippen LogP contribution >= 0.6 is 0 Å². The third-order valence-corrected chi connectivity index (χ3v) is 3.22. The predicted octanol–water partition coefficient (Wildman–Crippen LogP) is 3.88. The molecule has 3 N–H and O–H groups in total. The van der Waals surface area contributed by atoms with E-state index in [-0.39, 0.29) is 5.75 Å². The molecule has 0 spiro atoms. The van der Waals surface area contributed by atoms with Crippen molar-refractivity contribution in [2.45, 2.75) is 0 Å². The zero-order valence-electron chi connectivity index (χ0n) is 10.8. The summed E-state index contributed by atoms with van der Waals surface area (Å²) in [6, 6.07) is 18.8. The number of phenolic OH excluding ortho intramolecular Hbond substituents is 1. The molecule has 20 heavy (non-hydrogen) atoms. The number of para-hydroxylation sites is 2. The van der Waals surface area contributed by atoms with E-state index in [9.17, 15) is 5.11 Å². The highest BCUT2D eigenvalue weighted by Gasteiger charge is 2.04. The van der Waals surface area contributed by atoms with E-state index in [0.29, 0.717) is 16.9 Å². The molecule has 98 valence electrons. The Morgan fingerprint density at radius 2 is 1.65 bits per heavy atom. The van der Waals surface area contributed by atoms with Gasteiger partial charge in [0.15, 0.2) is 0 Å². The fraction of sp³-hybridized carbons (Fsp3) is 0. The molecule has 0 heterocycles. The van der Waals surface area contributed by atoms with Gasteiger partial charge in [-0.1, -0.05) is 42.5 Å². The van der Waals surface area contributed by atoms with Gasteiger partial charge in [0.05, 0.1) is 11.4 Å². The topological polar surface area (TPSA) is 58.6 Å². The Balaban J connectivity index is 2.11. The molecule has 0 fully saturated rings. The maximum atomic E-state index is 10.0. The van der Waals surface area contributed by atoms with Gasteiger partial charge in [-0.05, 0) is 29.0 Å². The van der Waals surface area contributed by atoms with E-state index < -0.39 is 0 Å². The van der Waals surface area contributed by atoms with Crippen molar-refractivity contribution in [1.29, 1.82) is 0 Å². The third kappa shape index (κ3) is 2.21. The molecule has 0 atom stereocenters. The zero-order valence-corrected chi connectivity index (χ0v) is 10.8. The monoisotopic (exact) mass is 262 g/mol. The minimum atomic E-state index is 0.210. The van der Waals surface area contributed by atoms with E-state index in [1.165, 1.54) is 0 Å². The van der Waals surface area contributed by atoms with E-state index in [2.05, 4.69) is 4.99 Å². The Bertz CT molecular complexity index is 794. The van der Waals surface area contributed by atoms with Crippen molar-refractivity contribution in [1.82, 2.24) is 0 Å². The lowest BCUT2D eigenvalue weighted by atomic mass is 10.0. The molecule has 0 radical (unpaired) electrons. The van der Waals surface area contributed by atoms with Crippen LogP contribution in [-0.2, 0) is 0 Å². The molecule has 0 aromatic heterocycles. The molecule has 0 bridgehead atoms. The standard InChI is InChI=1S/C17H14N2O/c18-15-7-3-4-8-16(15)19-11-14-13-6-2-1-5-12(13)9-10-17(14)20/h1-11,20H,18H2. The summed E-state index contributed by atoms with van der Waals surface area (Å²) in [5.41, 5.74) is 7.87. The van der Waals surface area contributed by atoms with Crippen LogP contribution in [0.1, 0.15) is 5.56 Å². The van der Waals surface area contributed by atoms with Crippen molar-refractivity contribution in [2.75, 3.05) is 5.73 Å². The smallest absolute Gasteiger partial charge is 0.124 e. The number of nitrogens with two attached hydrogens (primary N) is 1. The van der Waals surface area contributed by atoms with E-state index in [4.69, 9.17) is 5.73 Å². The first-order chi connectivity index (χ1) is 9.75. The zero-order chi connectivity index (χ0) is 13.9. The second-order valence-electron chi connectivity index (χ2n) is 4.54. The predicted molar refractivity (Wildman–Crippen MR) is 83.7 cm³/mol. The van der Waals surface area contributed by atoms with Crippen molar-refractivity contribution >= 4 is 28.4 Å². The number of phenols is 1. The van der Waals surface area contributed by atoms with E-state index in [0.717, 1.165) is 10.8 Å². The molecule has 3 rings (SSSR count). The Morgan fingerprint density at radius 1 is 0.900 bits per heavy atom. The van der Waals surface area contributed by atoms with Gasteiger partial charge in [0.1, 0.15) is 5.75 Å². The molecular formula is C17H14N2O. The third-order valence-electron chi connectivity index (χ3n) is 3.22. The highest BCUT2D eigenvalue weighted by atomic mass is 16.3. The molecule has 0 saturated carbocycles. The Labute approximate surface area is 117 Å². The summed E-state index contributed by atoms with van der Waals surface area (Å²) >= 11 is 0. The van der Waals surface area contributed by atoms with Crippen LogP contribution in [0.2, 0.25) is 0 Å². The van der Waals surface area contributed by atoms with Gasteiger partial charge in [0, 0.05) is 11.8 Å². The Kier molecular flexibility index (Phi) is 3.09. The summed E-state index contributed by atoms with van der Waals surface area (Å²) in [6.45, 7) is 0. The molecule has 0 aliphatic carbocycles. The van der Waals surface area contributed by atoms with Gasteiger partial charge in [0.2, 0.25) is 0 Å². The number of rotatable bonds is 2. The van der Waals surface area contributed by atoms with Crippen molar-refractivity contribution < 1.29 is 5.11 Å². The van der Waals surface area contributed by atoms with Gasteiger partial charge < -0.3 is 10.8 Å². The molecule has 0 amide bonds. The summed E-state index contributed by atoms with van der Waals surface area (Å²) in [5, 5.41) is 12.1. The molecular weight excluding hydrogens is 248 g/mol. The number of aliphatic imine (C=N–C) groups is 1. The Morgan fingerprint density at radius 3 is 2.50 bits per heavy atom. The first kappa shape index (κ1) is 12.2. The lowest BCUT2D eigenvalue weighted by molar-refractivity contribution is 0.475. The van der Waals surface area contributed by atoms with Gasteiger partial charge in [-0.3, -0.25) is 4.99 Å². The second kappa shape index (κ2) is 5.05. The number of fused-ring (bicyclic) bond motifs is 1. The number of nitrogen functional groups attached to an aromatic ring is 1. The highest BCUT2D eigenvalue weighted by Crippen LogP contribution is 2.27. The van der Waals surface area contributed by atoms with Crippen molar-refractivity contribution in [3.63, 3.8) is 0 Å². The fourth-order valence-corrected chi connectivity index (χ4v) is 2.16. The number of hydrogen-bond donors (Lipinski definition) is 2. The molecule has 3 heteroatoms. The summed E-state index contributed by atoms with van der Waals surface area (Å²) < 4.78 is 0. The quantitative estimate of drug-likeness (QED) is 0.544. The second-order valence-corrected chi connectivity index (χ2v) is 4.54. The Hall–Kier alpha value is -2.81. The molecule has 3 aromatic rings. The minimum Gasteiger partial charge on any atom is -0.507 e. The van der Waals surface area contributed by atoms with Crippen LogP contribution in [0.5, 0.6) is 5.75 Å². The first-order valence-corrected chi connectivity index (χ1v) is 6.35. The summed E-state index contributed by atoms with van der Waals surface area (Å²) in [5.74, 6) is 0.210. The average Bonchev–Trinajstić information content (AvgIpc) is 2.48. The minimum absolute atomic E-state index is 0.210. The van der Waals surface area contributed by atoms with Crippen LogP contribution in [-0.4, -0.2) is 11.3 Å². The van der Waals surface area contributed by atoms with Gasteiger partial charge in [-0.25, -0.2) is 0 Å². The van der Waals surface area contributed by atoms with E-state index in [1.54, 1.807) is 18.3 Å². The SMILES string of the molecule is Nc1ccccc1N=Cc1c(O)ccc2ccccc12. The van der Waals surface area contributed by atoms with Crippen LogP contribution in [0, 0.1) is 0 Å². The van der Waals surface area contributed by atoms with Crippen LogP contribution in [0.15, 0.2) is 65.7 Å².